The van der Waals surface area contributed by atoms with E-state index in [1.807, 2.05) is 6.07 Å². The van der Waals surface area contributed by atoms with E-state index < -0.39 is 0 Å². The molecule has 7 nitrogen and oxygen atoms in total. The third kappa shape index (κ3) is 6.11. The summed E-state index contributed by atoms with van der Waals surface area (Å²) in [5.41, 5.74) is 6.75. The Bertz CT molecular complexity index is 863. The highest BCUT2D eigenvalue weighted by Gasteiger charge is 2.17. The molecule has 0 radical (unpaired) electrons. The van der Waals surface area contributed by atoms with Crippen LogP contribution in [0.15, 0.2) is 11.4 Å². The van der Waals surface area contributed by atoms with Crippen LogP contribution in [0, 0.1) is 5.92 Å². The smallest absolute Gasteiger partial charge is 0.279 e. The monoisotopic (exact) mass is 434 g/mol. The zero-order chi connectivity index (χ0) is 20.8. The summed E-state index contributed by atoms with van der Waals surface area (Å²) < 4.78 is 0. The van der Waals surface area contributed by atoms with E-state index in [0.29, 0.717) is 15.7 Å². The van der Waals surface area contributed by atoms with Crippen molar-refractivity contribution < 1.29 is 14.4 Å². The van der Waals surface area contributed by atoms with E-state index in [2.05, 4.69) is 21.2 Å². The Balaban J connectivity index is 1.49. The summed E-state index contributed by atoms with van der Waals surface area (Å²) >= 11 is 2.79. The van der Waals surface area contributed by atoms with Gasteiger partial charge in [-0.15, -0.1) is 22.7 Å². The third-order valence-electron chi connectivity index (χ3n) is 4.68. The predicted molar refractivity (Wildman–Crippen MR) is 115 cm³/mol. The zero-order valence-corrected chi connectivity index (χ0v) is 18.3. The Kier molecular flexibility index (Phi) is 7.38. The van der Waals surface area contributed by atoms with Crippen molar-refractivity contribution in [2.75, 3.05) is 5.32 Å². The molecule has 1 aliphatic rings. The van der Waals surface area contributed by atoms with Gasteiger partial charge in [0.25, 0.3) is 5.91 Å². The average Bonchev–Trinajstić information content (AvgIpc) is 3.26. The SMILES string of the molecule is CC(C)C(=O)Nc1nc(CC(=O)NNC(=O)c2cc3c(s2)CCCCCC3)cs1. The van der Waals surface area contributed by atoms with E-state index in [1.54, 1.807) is 19.2 Å². The van der Waals surface area contributed by atoms with Crippen LogP contribution in [-0.2, 0) is 28.9 Å². The van der Waals surface area contributed by atoms with Crippen LogP contribution in [0.2, 0.25) is 0 Å². The quantitative estimate of drug-likeness (QED) is 0.628. The molecule has 2 aromatic heterocycles. The molecular formula is C20H26N4O3S2. The van der Waals surface area contributed by atoms with Gasteiger partial charge in [0.15, 0.2) is 5.13 Å². The van der Waals surface area contributed by atoms with E-state index >= 15 is 0 Å². The van der Waals surface area contributed by atoms with Crippen molar-refractivity contribution in [2.45, 2.75) is 58.8 Å². The molecule has 0 spiro atoms. The van der Waals surface area contributed by atoms with Crippen LogP contribution in [0.25, 0.3) is 0 Å². The number of hydrogen-bond donors (Lipinski definition) is 3. The Morgan fingerprint density at radius 2 is 1.86 bits per heavy atom. The lowest BCUT2D eigenvalue weighted by molar-refractivity contribution is -0.121. The molecular weight excluding hydrogens is 408 g/mol. The molecule has 0 fully saturated rings. The number of carbonyl (C=O) groups excluding carboxylic acids is 3. The van der Waals surface area contributed by atoms with Crippen LogP contribution in [0.1, 0.15) is 65.3 Å². The number of rotatable bonds is 5. The summed E-state index contributed by atoms with van der Waals surface area (Å²) in [5, 5.41) is 4.89. The number of hydrazine groups is 1. The van der Waals surface area contributed by atoms with Crippen LogP contribution in [0.3, 0.4) is 0 Å². The van der Waals surface area contributed by atoms with Gasteiger partial charge in [0.2, 0.25) is 11.8 Å². The lowest BCUT2D eigenvalue weighted by atomic mass is 10.00. The number of amides is 3. The minimum absolute atomic E-state index is 0.0231. The molecule has 0 aromatic carbocycles. The van der Waals surface area contributed by atoms with E-state index in [4.69, 9.17) is 0 Å². The first-order chi connectivity index (χ1) is 13.9. The second-order valence-corrected chi connectivity index (χ2v) is 9.44. The van der Waals surface area contributed by atoms with Gasteiger partial charge < -0.3 is 5.32 Å². The van der Waals surface area contributed by atoms with Crippen molar-refractivity contribution >= 4 is 45.5 Å². The van der Waals surface area contributed by atoms with Crippen LogP contribution in [0.5, 0.6) is 0 Å². The molecule has 0 unspecified atom stereocenters. The van der Waals surface area contributed by atoms with Crippen LogP contribution < -0.4 is 16.2 Å². The minimum Gasteiger partial charge on any atom is -0.302 e. The number of aromatic nitrogens is 1. The highest BCUT2D eigenvalue weighted by atomic mass is 32.1. The average molecular weight is 435 g/mol. The Morgan fingerprint density at radius 3 is 2.62 bits per heavy atom. The van der Waals surface area contributed by atoms with E-state index in [9.17, 15) is 14.4 Å². The highest BCUT2D eigenvalue weighted by Crippen LogP contribution is 2.28. The normalized spacial score (nSPS) is 13.9. The maximum absolute atomic E-state index is 12.4. The standard InChI is InChI=1S/C20H26N4O3S2/c1-12(2)18(26)22-20-21-14(11-28-20)10-17(25)23-24-19(27)16-9-13-7-5-3-4-6-8-15(13)29-16/h9,11-12H,3-8,10H2,1-2H3,(H,23,25)(H,24,27)(H,21,22,26). The fraction of sp³-hybridized carbons (Fsp3) is 0.500. The maximum atomic E-state index is 12.4. The second kappa shape index (κ2) is 9.98. The Hall–Kier alpha value is -2.26. The van der Waals surface area contributed by atoms with Crippen molar-refractivity contribution in [2.24, 2.45) is 5.92 Å². The maximum Gasteiger partial charge on any atom is 0.279 e. The molecule has 3 amide bonds. The fourth-order valence-electron chi connectivity index (χ4n) is 3.05. The third-order valence-corrected chi connectivity index (χ3v) is 6.73. The predicted octanol–water partition coefficient (Wildman–Crippen LogP) is 3.46. The summed E-state index contributed by atoms with van der Waals surface area (Å²) in [6.45, 7) is 3.60. The van der Waals surface area contributed by atoms with E-state index in [-0.39, 0.29) is 30.1 Å². The first-order valence-corrected chi connectivity index (χ1v) is 11.6. The summed E-state index contributed by atoms with van der Waals surface area (Å²) in [5.74, 6) is -0.913. The number of carbonyl (C=O) groups is 3. The van der Waals surface area contributed by atoms with Gasteiger partial charge in [0.05, 0.1) is 17.0 Å². The number of aryl methyl sites for hydroxylation is 2. The van der Waals surface area contributed by atoms with Gasteiger partial charge in [-0.2, -0.15) is 0 Å². The number of hydrogen-bond acceptors (Lipinski definition) is 6. The van der Waals surface area contributed by atoms with Crippen LogP contribution >= 0.6 is 22.7 Å². The lowest BCUT2D eigenvalue weighted by Gasteiger charge is -2.07. The van der Waals surface area contributed by atoms with Crippen molar-refractivity contribution in [3.05, 3.63) is 32.5 Å². The molecule has 0 aliphatic heterocycles. The molecule has 29 heavy (non-hydrogen) atoms. The van der Waals surface area contributed by atoms with Gasteiger partial charge >= 0.3 is 0 Å². The molecule has 2 heterocycles. The molecule has 3 rings (SSSR count). The van der Waals surface area contributed by atoms with Crippen LogP contribution in [-0.4, -0.2) is 22.7 Å². The molecule has 156 valence electrons. The largest absolute Gasteiger partial charge is 0.302 e. The first-order valence-electron chi connectivity index (χ1n) is 9.88. The number of fused-ring (bicyclic) bond motifs is 1. The zero-order valence-electron chi connectivity index (χ0n) is 16.7. The topological polar surface area (TPSA) is 100 Å². The van der Waals surface area contributed by atoms with Gasteiger partial charge in [0.1, 0.15) is 0 Å². The summed E-state index contributed by atoms with van der Waals surface area (Å²) in [6.07, 6.45) is 6.88. The molecule has 3 N–H and O–H groups in total. The van der Waals surface area contributed by atoms with E-state index in [0.717, 1.165) is 19.3 Å². The molecule has 2 aromatic rings. The van der Waals surface area contributed by atoms with Gasteiger partial charge in [-0.25, -0.2) is 4.98 Å². The fourth-order valence-corrected chi connectivity index (χ4v) is 4.91. The van der Waals surface area contributed by atoms with Crippen molar-refractivity contribution in [3.8, 4) is 0 Å². The molecule has 0 bridgehead atoms. The lowest BCUT2D eigenvalue weighted by Crippen LogP contribution is -2.42. The molecule has 0 saturated heterocycles. The first kappa shape index (κ1) is 21.4. The summed E-state index contributed by atoms with van der Waals surface area (Å²) in [4.78, 5) is 42.4. The number of thiazole rings is 1. The number of thiophene rings is 1. The number of anilines is 1. The number of nitrogens with zero attached hydrogens (tertiary/aromatic N) is 1. The highest BCUT2D eigenvalue weighted by molar-refractivity contribution is 7.14. The Morgan fingerprint density at radius 1 is 1.10 bits per heavy atom. The number of nitrogens with one attached hydrogen (secondary N) is 3. The summed E-state index contributed by atoms with van der Waals surface area (Å²) in [7, 11) is 0. The minimum atomic E-state index is -0.361. The van der Waals surface area contributed by atoms with E-state index in [1.165, 1.54) is 52.4 Å². The second-order valence-electron chi connectivity index (χ2n) is 7.44. The van der Waals surface area contributed by atoms with Crippen molar-refractivity contribution in [3.63, 3.8) is 0 Å². The molecule has 0 atom stereocenters. The molecule has 9 heteroatoms. The Labute approximate surface area is 178 Å². The van der Waals surface area contributed by atoms with Gasteiger partial charge in [-0.3, -0.25) is 25.2 Å². The van der Waals surface area contributed by atoms with Crippen LogP contribution in [0.4, 0.5) is 5.13 Å². The van der Waals surface area contributed by atoms with Gasteiger partial charge in [-0.05, 0) is 37.3 Å². The molecule has 0 saturated carbocycles. The summed E-state index contributed by atoms with van der Waals surface area (Å²) in [6, 6.07) is 1.96. The van der Waals surface area contributed by atoms with Crippen molar-refractivity contribution in [1.82, 2.24) is 15.8 Å². The van der Waals surface area contributed by atoms with Gasteiger partial charge in [-0.1, -0.05) is 26.7 Å². The van der Waals surface area contributed by atoms with Crippen molar-refractivity contribution in [1.29, 1.82) is 0 Å². The molecule has 1 aliphatic carbocycles. The van der Waals surface area contributed by atoms with Gasteiger partial charge in [0, 0.05) is 16.2 Å².